The molecule has 0 aliphatic carbocycles. The Labute approximate surface area is 101 Å². The summed E-state index contributed by atoms with van der Waals surface area (Å²) in [6.07, 6.45) is -2.89. The first-order chi connectivity index (χ1) is 8.30. The van der Waals surface area contributed by atoms with Gasteiger partial charge in [-0.2, -0.15) is 18.3 Å². The van der Waals surface area contributed by atoms with Gasteiger partial charge in [0.2, 0.25) is 0 Å². The number of benzene rings is 1. The highest BCUT2D eigenvalue weighted by molar-refractivity contribution is 5.43. The number of aryl methyl sites for hydroxylation is 1. The fourth-order valence-electron chi connectivity index (χ4n) is 1.66. The Bertz CT molecular complexity index is 584. The quantitative estimate of drug-likeness (QED) is 0.714. The van der Waals surface area contributed by atoms with Crippen LogP contribution < -0.4 is 0 Å². The van der Waals surface area contributed by atoms with Crippen LogP contribution in [0.4, 0.5) is 17.6 Å². The molecule has 96 valence electrons. The maximum atomic E-state index is 13.7. The van der Waals surface area contributed by atoms with Crippen LogP contribution >= 0.6 is 0 Å². The minimum atomic E-state index is -4.45. The summed E-state index contributed by atoms with van der Waals surface area (Å²) in [6, 6.07) is 3.05. The molecule has 0 unspecified atom stereocenters. The third kappa shape index (κ3) is 2.10. The topological polar surface area (TPSA) is 17.8 Å². The second-order valence-corrected chi connectivity index (χ2v) is 4.01. The third-order valence-electron chi connectivity index (χ3n) is 2.71. The van der Waals surface area contributed by atoms with Crippen molar-refractivity contribution in [1.82, 2.24) is 9.78 Å². The molecule has 0 radical (unpaired) electrons. The van der Waals surface area contributed by atoms with Gasteiger partial charge >= 0.3 is 6.18 Å². The molecular weight excluding hydrogens is 248 g/mol. The molecule has 2 rings (SSSR count). The van der Waals surface area contributed by atoms with Crippen LogP contribution in [0.5, 0.6) is 0 Å². The van der Waals surface area contributed by atoms with E-state index in [1.807, 2.05) is 0 Å². The first kappa shape index (κ1) is 12.6. The molecule has 0 amide bonds. The van der Waals surface area contributed by atoms with Crippen molar-refractivity contribution in [2.75, 3.05) is 0 Å². The van der Waals surface area contributed by atoms with Gasteiger partial charge in [0, 0.05) is 11.8 Å². The fraction of sp³-hybridized carbons (Fsp3) is 0.250. The number of alkyl halides is 3. The molecule has 0 atom stereocenters. The van der Waals surface area contributed by atoms with Crippen molar-refractivity contribution in [2.24, 2.45) is 0 Å². The highest BCUT2D eigenvalue weighted by Crippen LogP contribution is 2.29. The number of rotatable bonds is 1. The molecule has 0 N–H and O–H groups in total. The first-order valence-corrected chi connectivity index (χ1v) is 5.18. The average Bonchev–Trinajstić information content (AvgIpc) is 2.75. The van der Waals surface area contributed by atoms with Crippen LogP contribution in [-0.2, 0) is 6.18 Å². The molecule has 1 heterocycles. The molecule has 18 heavy (non-hydrogen) atoms. The monoisotopic (exact) mass is 258 g/mol. The zero-order chi connectivity index (χ0) is 13.5. The van der Waals surface area contributed by atoms with Gasteiger partial charge in [-0.05, 0) is 25.5 Å². The van der Waals surface area contributed by atoms with Crippen LogP contribution in [0, 0.1) is 19.7 Å². The molecular formula is C12H10F4N2. The van der Waals surface area contributed by atoms with Crippen molar-refractivity contribution in [1.29, 1.82) is 0 Å². The van der Waals surface area contributed by atoms with Gasteiger partial charge in [0.15, 0.2) is 0 Å². The van der Waals surface area contributed by atoms with E-state index in [1.165, 1.54) is 13.0 Å². The lowest BCUT2D eigenvalue weighted by atomic mass is 10.1. The van der Waals surface area contributed by atoms with Gasteiger partial charge in [-0.25, -0.2) is 9.07 Å². The molecule has 0 fully saturated rings. The fourth-order valence-corrected chi connectivity index (χ4v) is 1.66. The summed E-state index contributed by atoms with van der Waals surface area (Å²) >= 11 is 0. The standard InChI is InChI=1S/C12H10F4N2/c1-7-3-4-10(8(2)11(7)13)18-6-9(5-17-18)12(14,15)16/h3-6H,1-2H3. The van der Waals surface area contributed by atoms with Crippen LogP contribution in [0.15, 0.2) is 24.5 Å². The summed E-state index contributed by atoms with van der Waals surface area (Å²) in [4.78, 5) is 0. The van der Waals surface area contributed by atoms with Crippen LogP contribution in [0.2, 0.25) is 0 Å². The zero-order valence-electron chi connectivity index (χ0n) is 9.72. The minimum Gasteiger partial charge on any atom is -0.240 e. The van der Waals surface area contributed by atoms with Crippen LogP contribution in [-0.4, -0.2) is 9.78 Å². The molecule has 0 aliphatic heterocycles. The number of hydrogen-bond donors (Lipinski definition) is 0. The van der Waals surface area contributed by atoms with Gasteiger partial charge in [-0.15, -0.1) is 0 Å². The summed E-state index contributed by atoms with van der Waals surface area (Å²) in [5.41, 5.74) is 0.155. The molecule has 6 heteroatoms. The minimum absolute atomic E-state index is 0.270. The Morgan fingerprint density at radius 1 is 1.17 bits per heavy atom. The summed E-state index contributed by atoms with van der Waals surface area (Å²) in [7, 11) is 0. The largest absolute Gasteiger partial charge is 0.419 e. The molecule has 2 nitrogen and oxygen atoms in total. The summed E-state index contributed by atoms with van der Waals surface area (Å²) in [5, 5.41) is 3.61. The van der Waals surface area contributed by atoms with Gasteiger partial charge in [0.1, 0.15) is 5.82 Å². The Morgan fingerprint density at radius 3 is 2.39 bits per heavy atom. The Balaban J connectivity index is 2.50. The van der Waals surface area contributed by atoms with E-state index in [2.05, 4.69) is 5.10 Å². The smallest absolute Gasteiger partial charge is 0.240 e. The van der Waals surface area contributed by atoms with Gasteiger partial charge in [0.25, 0.3) is 0 Å². The predicted molar refractivity (Wildman–Crippen MR) is 58.0 cm³/mol. The number of hydrogen-bond acceptors (Lipinski definition) is 1. The zero-order valence-corrected chi connectivity index (χ0v) is 9.72. The molecule has 0 bridgehead atoms. The molecule has 0 spiro atoms. The van der Waals surface area contributed by atoms with E-state index in [4.69, 9.17) is 0 Å². The van der Waals surface area contributed by atoms with Crippen molar-refractivity contribution in [2.45, 2.75) is 20.0 Å². The van der Waals surface area contributed by atoms with Crippen molar-refractivity contribution in [3.63, 3.8) is 0 Å². The second-order valence-electron chi connectivity index (χ2n) is 4.01. The van der Waals surface area contributed by atoms with E-state index in [9.17, 15) is 17.6 Å². The van der Waals surface area contributed by atoms with Crippen LogP contribution in [0.3, 0.4) is 0 Å². The Kier molecular flexibility index (Phi) is 2.88. The molecule has 1 aromatic heterocycles. The highest BCUT2D eigenvalue weighted by atomic mass is 19.4. The van der Waals surface area contributed by atoms with E-state index >= 15 is 0 Å². The molecule has 0 aliphatic rings. The van der Waals surface area contributed by atoms with Gasteiger partial charge in [-0.1, -0.05) is 6.07 Å². The Hall–Kier alpha value is -1.85. The number of halogens is 4. The van der Waals surface area contributed by atoms with E-state index in [-0.39, 0.29) is 5.56 Å². The summed E-state index contributed by atoms with van der Waals surface area (Å²) in [6.45, 7) is 3.10. The molecule has 2 aromatic rings. The van der Waals surface area contributed by atoms with Crippen LogP contribution in [0.1, 0.15) is 16.7 Å². The van der Waals surface area contributed by atoms with E-state index in [0.29, 0.717) is 11.3 Å². The van der Waals surface area contributed by atoms with E-state index in [0.717, 1.165) is 17.1 Å². The van der Waals surface area contributed by atoms with Crippen molar-refractivity contribution < 1.29 is 17.6 Å². The number of aromatic nitrogens is 2. The van der Waals surface area contributed by atoms with Gasteiger partial charge in [0.05, 0.1) is 17.4 Å². The Morgan fingerprint density at radius 2 is 1.83 bits per heavy atom. The van der Waals surface area contributed by atoms with Gasteiger partial charge < -0.3 is 0 Å². The SMILES string of the molecule is Cc1ccc(-n2cc(C(F)(F)F)cn2)c(C)c1F. The maximum Gasteiger partial charge on any atom is 0.419 e. The van der Waals surface area contributed by atoms with Crippen molar-refractivity contribution in [3.8, 4) is 5.69 Å². The normalized spacial score (nSPS) is 11.9. The van der Waals surface area contributed by atoms with E-state index < -0.39 is 17.6 Å². The maximum absolute atomic E-state index is 13.7. The van der Waals surface area contributed by atoms with Crippen LogP contribution in [0.25, 0.3) is 5.69 Å². The summed E-state index contributed by atoms with van der Waals surface area (Å²) < 4.78 is 52.0. The number of nitrogens with zero attached hydrogens (tertiary/aromatic N) is 2. The second kappa shape index (κ2) is 4.12. The average molecular weight is 258 g/mol. The first-order valence-electron chi connectivity index (χ1n) is 5.18. The van der Waals surface area contributed by atoms with Crippen molar-refractivity contribution in [3.05, 3.63) is 47.0 Å². The van der Waals surface area contributed by atoms with Crippen molar-refractivity contribution >= 4 is 0 Å². The lowest BCUT2D eigenvalue weighted by molar-refractivity contribution is -0.137. The van der Waals surface area contributed by atoms with E-state index in [1.54, 1.807) is 13.0 Å². The van der Waals surface area contributed by atoms with Gasteiger partial charge in [-0.3, -0.25) is 0 Å². The molecule has 1 aromatic carbocycles. The predicted octanol–water partition coefficient (Wildman–Crippen LogP) is 3.65. The third-order valence-corrected chi connectivity index (χ3v) is 2.71. The molecule has 0 saturated heterocycles. The lowest BCUT2D eigenvalue weighted by Gasteiger charge is -2.08. The summed E-state index contributed by atoms with van der Waals surface area (Å²) in [5.74, 6) is -0.434. The molecule has 0 saturated carbocycles. The lowest BCUT2D eigenvalue weighted by Crippen LogP contribution is -2.04. The highest BCUT2D eigenvalue weighted by Gasteiger charge is 2.32.